The average molecular weight is 332 g/mol. The molecule has 1 N–H and O–H groups in total. The Morgan fingerprint density at radius 1 is 1.17 bits per heavy atom. The Hall–Kier alpha value is -2.40. The van der Waals surface area contributed by atoms with Crippen molar-refractivity contribution >= 4 is 29.1 Å². The number of pyridine rings is 1. The molecular formula is C17H18ClN3O2. The van der Waals surface area contributed by atoms with E-state index in [1.165, 1.54) is 6.20 Å². The van der Waals surface area contributed by atoms with Crippen molar-refractivity contribution in [3.05, 3.63) is 58.9 Å². The van der Waals surface area contributed by atoms with Gasteiger partial charge in [-0.2, -0.15) is 0 Å². The first-order chi connectivity index (χ1) is 11.1. The summed E-state index contributed by atoms with van der Waals surface area (Å²) in [4.78, 5) is 30.2. The fourth-order valence-corrected chi connectivity index (χ4v) is 2.38. The Kier molecular flexibility index (Phi) is 5.71. The molecule has 120 valence electrons. The zero-order chi connectivity index (χ0) is 16.8. The van der Waals surface area contributed by atoms with Gasteiger partial charge >= 0.3 is 0 Å². The van der Waals surface area contributed by atoms with E-state index < -0.39 is 0 Å². The minimum absolute atomic E-state index is 0.0643. The highest BCUT2D eigenvalue weighted by Gasteiger charge is 2.14. The van der Waals surface area contributed by atoms with Gasteiger partial charge in [-0.1, -0.05) is 17.7 Å². The summed E-state index contributed by atoms with van der Waals surface area (Å²) in [5, 5.41) is 2.87. The quantitative estimate of drug-likeness (QED) is 0.853. The third-order valence-corrected chi connectivity index (χ3v) is 3.72. The van der Waals surface area contributed by atoms with Crippen LogP contribution in [-0.4, -0.2) is 34.8 Å². The molecule has 2 rings (SSSR count). The van der Waals surface area contributed by atoms with Crippen molar-refractivity contribution in [3.63, 3.8) is 0 Å². The molecule has 0 atom stereocenters. The highest BCUT2D eigenvalue weighted by molar-refractivity contribution is 6.33. The normalized spacial score (nSPS) is 10.2. The van der Waals surface area contributed by atoms with Crippen LogP contribution in [0.2, 0.25) is 5.15 Å². The largest absolute Gasteiger partial charge is 0.339 e. The topological polar surface area (TPSA) is 62.3 Å². The third-order valence-electron chi connectivity index (χ3n) is 3.42. The molecular weight excluding hydrogens is 314 g/mol. The van der Waals surface area contributed by atoms with Crippen LogP contribution in [0.15, 0.2) is 42.6 Å². The van der Waals surface area contributed by atoms with Crippen LogP contribution in [0.3, 0.4) is 0 Å². The summed E-state index contributed by atoms with van der Waals surface area (Å²) >= 11 is 5.91. The van der Waals surface area contributed by atoms with Crippen molar-refractivity contribution in [1.29, 1.82) is 0 Å². The Morgan fingerprint density at radius 3 is 2.57 bits per heavy atom. The molecule has 0 aliphatic carbocycles. The van der Waals surface area contributed by atoms with Crippen LogP contribution < -0.4 is 5.32 Å². The van der Waals surface area contributed by atoms with Crippen LogP contribution in [0.4, 0.5) is 5.69 Å². The van der Waals surface area contributed by atoms with E-state index in [2.05, 4.69) is 10.3 Å². The maximum Gasteiger partial charge on any atom is 0.258 e. The molecule has 0 aliphatic rings. The number of aromatic nitrogens is 1. The molecule has 0 fully saturated rings. The molecule has 2 amide bonds. The van der Waals surface area contributed by atoms with Crippen molar-refractivity contribution in [2.75, 3.05) is 18.4 Å². The zero-order valence-corrected chi connectivity index (χ0v) is 13.8. The molecule has 6 heteroatoms. The number of hydrogen-bond donors (Lipinski definition) is 1. The molecule has 2 aromatic rings. The molecule has 0 aliphatic heterocycles. The van der Waals surface area contributed by atoms with Gasteiger partial charge < -0.3 is 10.2 Å². The van der Waals surface area contributed by atoms with Crippen molar-refractivity contribution in [1.82, 2.24) is 9.88 Å². The second kappa shape index (κ2) is 7.74. The van der Waals surface area contributed by atoms with E-state index in [0.717, 1.165) is 0 Å². The SMILES string of the molecule is CCN(CC)C(=O)c1cccc(NC(=O)c2cccnc2Cl)c1. The first-order valence-corrected chi connectivity index (χ1v) is 7.75. The van der Waals surface area contributed by atoms with Gasteiger partial charge in [-0.3, -0.25) is 9.59 Å². The number of benzene rings is 1. The monoisotopic (exact) mass is 331 g/mol. The standard InChI is InChI=1S/C17H18ClN3O2/c1-3-21(4-2)17(23)12-7-5-8-13(11-12)20-16(22)14-9-6-10-19-15(14)18/h5-11H,3-4H2,1-2H3,(H,20,22). The van der Waals surface area contributed by atoms with Gasteiger partial charge in [0.15, 0.2) is 0 Å². The summed E-state index contributed by atoms with van der Waals surface area (Å²) in [5.41, 5.74) is 1.35. The predicted octanol–water partition coefficient (Wildman–Crippen LogP) is 3.47. The Labute approximate surface area is 140 Å². The molecule has 0 bridgehead atoms. The maximum atomic E-state index is 12.4. The van der Waals surface area contributed by atoms with Gasteiger partial charge in [-0.25, -0.2) is 4.98 Å². The lowest BCUT2D eigenvalue weighted by Gasteiger charge is -2.19. The summed E-state index contributed by atoms with van der Waals surface area (Å²) in [6.07, 6.45) is 1.52. The number of halogens is 1. The number of amides is 2. The third kappa shape index (κ3) is 4.07. The van der Waals surface area contributed by atoms with E-state index in [-0.39, 0.29) is 22.5 Å². The van der Waals surface area contributed by atoms with Crippen LogP contribution in [0, 0.1) is 0 Å². The van der Waals surface area contributed by atoms with E-state index in [9.17, 15) is 9.59 Å². The average Bonchev–Trinajstić information content (AvgIpc) is 2.56. The Morgan fingerprint density at radius 2 is 1.91 bits per heavy atom. The molecule has 0 radical (unpaired) electrons. The summed E-state index contributed by atoms with van der Waals surface area (Å²) in [6.45, 7) is 5.13. The van der Waals surface area contributed by atoms with Gasteiger partial charge in [0.25, 0.3) is 11.8 Å². The lowest BCUT2D eigenvalue weighted by molar-refractivity contribution is 0.0772. The first-order valence-electron chi connectivity index (χ1n) is 7.38. The predicted molar refractivity (Wildman–Crippen MR) is 90.9 cm³/mol. The van der Waals surface area contributed by atoms with E-state index in [4.69, 9.17) is 11.6 Å². The van der Waals surface area contributed by atoms with Crippen LogP contribution in [0.1, 0.15) is 34.6 Å². The van der Waals surface area contributed by atoms with E-state index in [1.807, 2.05) is 13.8 Å². The zero-order valence-electron chi connectivity index (χ0n) is 13.0. The summed E-state index contributed by atoms with van der Waals surface area (Å²) in [7, 11) is 0. The van der Waals surface area contributed by atoms with Gasteiger partial charge in [0, 0.05) is 30.5 Å². The molecule has 0 spiro atoms. The number of rotatable bonds is 5. The van der Waals surface area contributed by atoms with Crippen molar-refractivity contribution < 1.29 is 9.59 Å². The first kappa shape index (κ1) is 17.0. The summed E-state index contributed by atoms with van der Waals surface area (Å²) in [5.74, 6) is -0.430. The smallest absolute Gasteiger partial charge is 0.258 e. The minimum Gasteiger partial charge on any atom is -0.339 e. The van der Waals surface area contributed by atoms with Crippen molar-refractivity contribution in [3.8, 4) is 0 Å². The number of nitrogens with one attached hydrogen (secondary N) is 1. The molecule has 1 aromatic heterocycles. The fourth-order valence-electron chi connectivity index (χ4n) is 2.18. The fraction of sp³-hybridized carbons (Fsp3) is 0.235. The molecule has 5 nitrogen and oxygen atoms in total. The number of carbonyl (C=O) groups is 2. The van der Waals surface area contributed by atoms with E-state index in [1.54, 1.807) is 41.3 Å². The van der Waals surface area contributed by atoms with Crippen LogP contribution in [0.25, 0.3) is 0 Å². The highest BCUT2D eigenvalue weighted by Crippen LogP contribution is 2.17. The maximum absolute atomic E-state index is 12.4. The molecule has 23 heavy (non-hydrogen) atoms. The lowest BCUT2D eigenvalue weighted by Crippen LogP contribution is -2.30. The Balaban J connectivity index is 2.19. The second-order valence-corrected chi connectivity index (χ2v) is 5.21. The molecule has 1 aromatic carbocycles. The van der Waals surface area contributed by atoms with E-state index in [0.29, 0.717) is 24.3 Å². The van der Waals surface area contributed by atoms with Gasteiger partial charge in [0.1, 0.15) is 5.15 Å². The van der Waals surface area contributed by atoms with E-state index >= 15 is 0 Å². The van der Waals surface area contributed by atoms with Crippen molar-refractivity contribution in [2.24, 2.45) is 0 Å². The number of nitrogens with zero attached hydrogens (tertiary/aromatic N) is 2. The van der Waals surface area contributed by atoms with Gasteiger partial charge in [-0.05, 0) is 44.2 Å². The van der Waals surface area contributed by atoms with Crippen molar-refractivity contribution in [2.45, 2.75) is 13.8 Å². The van der Waals surface area contributed by atoms with Gasteiger partial charge in [-0.15, -0.1) is 0 Å². The number of anilines is 1. The molecule has 0 saturated carbocycles. The lowest BCUT2D eigenvalue weighted by atomic mass is 10.1. The van der Waals surface area contributed by atoms with Crippen LogP contribution in [-0.2, 0) is 0 Å². The van der Waals surface area contributed by atoms with Gasteiger partial charge in [0.2, 0.25) is 0 Å². The van der Waals surface area contributed by atoms with Gasteiger partial charge in [0.05, 0.1) is 5.56 Å². The molecule has 0 unspecified atom stereocenters. The molecule has 1 heterocycles. The summed E-state index contributed by atoms with van der Waals surface area (Å²) in [6, 6.07) is 10.1. The molecule has 0 saturated heterocycles. The minimum atomic E-state index is -0.365. The van der Waals surface area contributed by atoms with Crippen LogP contribution in [0.5, 0.6) is 0 Å². The number of hydrogen-bond acceptors (Lipinski definition) is 3. The highest BCUT2D eigenvalue weighted by atomic mass is 35.5. The van der Waals surface area contributed by atoms with Crippen LogP contribution >= 0.6 is 11.6 Å². The Bertz CT molecular complexity index is 714. The second-order valence-electron chi connectivity index (χ2n) is 4.85. The summed E-state index contributed by atoms with van der Waals surface area (Å²) < 4.78 is 0. The number of carbonyl (C=O) groups excluding carboxylic acids is 2.